The van der Waals surface area contributed by atoms with Gasteiger partial charge in [0, 0.05) is 17.2 Å². The third kappa shape index (κ3) is 1.65. The molecule has 0 saturated carbocycles. The van der Waals surface area contributed by atoms with Crippen LogP contribution in [0, 0.1) is 0 Å². The van der Waals surface area contributed by atoms with Gasteiger partial charge < -0.3 is 0 Å². The summed E-state index contributed by atoms with van der Waals surface area (Å²) in [5.74, 6) is 0. The summed E-state index contributed by atoms with van der Waals surface area (Å²) in [4.78, 5) is 0. The van der Waals surface area contributed by atoms with Crippen LogP contribution in [0.2, 0.25) is 0 Å². The van der Waals surface area contributed by atoms with Gasteiger partial charge in [-0.15, -0.1) is 0 Å². The largest absolute Gasteiger partial charge is 0.240 e. The summed E-state index contributed by atoms with van der Waals surface area (Å²) in [6.45, 7) is 8.84. The van der Waals surface area contributed by atoms with Crippen molar-refractivity contribution in [3.8, 4) is 0 Å². The molecule has 2 heterocycles. The summed E-state index contributed by atoms with van der Waals surface area (Å²) in [7, 11) is 0. The molecule has 0 atom stereocenters. The molecule has 80 valence electrons. The number of rotatable bonds is 1. The summed E-state index contributed by atoms with van der Waals surface area (Å²) in [6, 6.07) is 6.23. The third-order valence-electron chi connectivity index (χ3n) is 2.71. The van der Waals surface area contributed by atoms with Crippen LogP contribution in [0.3, 0.4) is 0 Å². The Morgan fingerprint density at radius 2 is 2.00 bits per heavy atom. The fraction of sp³-hybridized carbons (Fsp3) is 0.462. The van der Waals surface area contributed by atoms with Gasteiger partial charge in [0.15, 0.2) is 0 Å². The second-order valence-corrected chi connectivity index (χ2v) is 4.96. The number of nitrogens with zero attached hydrogens (tertiary/aromatic N) is 2. The fourth-order valence-electron chi connectivity index (χ4n) is 2.00. The maximum atomic E-state index is 4.67. The van der Waals surface area contributed by atoms with E-state index in [0.29, 0.717) is 0 Å². The molecule has 2 heteroatoms. The van der Waals surface area contributed by atoms with Gasteiger partial charge in [-0.1, -0.05) is 33.8 Å². The fourth-order valence-corrected chi connectivity index (χ4v) is 2.00. The molecular weight excluding hydrogens is 184 g/mol. The van der Waals surface area contributed by atoms with E-state index in [0.717, 1.165) is 6.42 Å². The van der Waals surface area contributed by atoms with Gasteiger partial charge in [0.2, 0.25) is 0 Å². The van der Waals surface area contributed by atoms with Crippen molar-refractivity contribution >= 4 is 5.52 Å². The minimum Gasteiger partial charge on any atom is -0.240 e. The number of aromatic nitrogens is 2. The van der Waals surface area contributed by atoms with Gasteiger partial charge >= 0.3 is 0 Å². The van der Waals surface area contributed by atoms with Crippen LogP contribution in [0.5, 0.6) is 0 Å². The molecule has 2 aromatic heterocycles. The molecular formula is C13H18N2. The lowest BCUT2D eigenvalue weighted by Crippen LogP contribution is -2.14. The zero-order chi connectivity index (χ0) is 11.1. The highest BCUT2D eigenvalue weighted by molar-refractivity contribution is 5.57. The van der Waals surface area contributed by atoms with Crippen molar-refractivity contribution in [2.45, 2.75) is 39.5 Å². The van der Waals surface area contributed by atoms with E-state index in [4.69, 9.17) is 0 Å². The average molecular weight is 202 g/mol. The van der Waals surface area contributed by atoms with Crippen molar-refractivity contribution in [3.63, 3.8) is 0 Å². The van der Waals surface area contributed by atoms with Crippen molar-refractivity contribution in [1.29, 1.82) is 0 Å². The van der Waals surface area contributed by atoms with Gasteiger partial charge in [0.05, 0.1) is 11.2 Å². The van der Waals surface area contributed by atoms with Crippen LogP contribution in [-0.2, 0) is 11.8 Å². The van der Waals surface area contributed by atoms with E-state index in [1.807, 2.05) is 16.8 Å². The molecule has 0 aliphatic rings. The third-order valence-corrected chi connectivity index (χ3v) is 2.71. The van der Waals surface area contributed by atoms with Gasteiger partial charge in [0.1, 0.15) is 0 Å². The van der Waals surface area contributed by atoms with E-state index in [1.165, 1.54) is 16.8 Å². The average Bonchev–Trinajstić information content (AvgIpc) is 2.55. The number of hydrogen-bond donors (Lipinski definition) is 0. The van der Waals surface area contributed by atoms with Gasteiger partial charge in [-0.3, -0.25) is 0 Å². The molecule has 0 aliphatic heterocycles. The number of fused-ring (bicyclic) bond motifs is 1. The molecule has 2 rings (SSSR count). The normalized spacial score (nSPS) is 12.3. The maximum Gasteiger partial charge on any atom is 0.0720 e. The van der Waals surface area contributed by atoms with Crippen LogP contribution in [-0.4, -0.2) is 9.61 Å². The topological polar surface area (TPSA) is 17.3 Å². The summed E-state index contributed by atoms with van der Waals surface area (Å²) in [5.41, 5.74) is 3.96. The first-order valence-electron chi connectivity index (χ1n) is 5.50. The van der Waals surface area contributed by atoms with Crippen molar-refractivity contribution in [3.05, 3.63) is 35.7 Å². The molecule has 2 aromatic rings. The van der Waals surface area contributed by atoms with E-state index in [-0.39, 0.29) is 5.41 Å². The molecule has 15 heavy (non-hydrogen) atoms. The Kier molecular flexibility index (Phi) is 2.29. The predicted octanol–water partition coefficient (Wildman–Crippen LogP) is 3.19. The first kappa shape index (κ1) is 10.2. The van der Waals surface area contributed by atoms with Crippen molar-refractivity contribution in [1.82, 2.24) is 9.61 Å². The monoisotopic (exact) mass is 202 g/mol. The van der Waals surface area contributed by atoms with Crippen molar-refractivity contribution in [2.24, 2.45) is 0 Å². The van der Waals surface area contributed by atoms with E-state index < -0.39 is 0 Å². The first-order valence-corrected chi connectivity index (χ1v) is 5.50. The van der Waals surface area contributed by atoms with Crippen LogP contribution >= 0.6 is 0 Å². The highest BCUT2D eigenvalue weighted by Gasteiger charge is 2.22. The molecule has 0 amide bonds. The summed E-state index contributed by atoms with van der Waals surface area (Å²) in [5, 5.41) is 4.67. The lowest BCUT2D eigenvalue weighted by molar-refractivity contribution is 0.557. The van der Waals surface area contributed by atoms with Gasteiger partial charge in [-0.2, -0.15) is 5.10 Å². The number of aryl methyl sites for hydroxylation is 1. The second-order valence-electron chi connectivity index (χ2n) is 4.96. The highest BCUT2D eigenvalue weighted by Crippen LogP contribution is 2.27. The Labute approximate surface area is 90.9 Å². The lowest BCUT2D eigenvalue weighted by Gasteiger charge is -2.16. The standard InChI is InChI=1S/C13H18N2/c1-5-10-11-8-6-7-9-15(11)14-12(10)13(2,3)4/h6-9H,5H2,1-4H3. The molecule has 2 nitrogen and oxygen atoms in total. The van der Waals surface area contributed by atoms with E-state index in [9.17, 15) is 0 Å². The molecule has 0 bridgehead atoms. The molecule has 0 unspecified atom stereocenters. The second kappa shape index (κ2) is 3.37. The first-order chi connectivity index (χ1) is 7.04. The smallest absolute Gasteiger partial charge is 0.0720 e. The molecule has 0 N–H and O–H groups in total. The predicted molar refractivity (Wildman–Crippen MR) is 63.3 cm³/mol. The number of pyridine rings is 1. The van der Waals surface area contributed by atoms with Crippen molar-refractivity contribution < 1.29 is 0 Å². The zero-order valence-corrected chi connectivity index (χ0v) is 9.91. The zero-order valence-electron chi connectivity index (χ0n) is 9.91. The molecule has 0 fully saturated rings. The minimum atomic E-state index is 0.122. The Balaban J connectivity index is 2.75. The van der Waals surface area contributed by atoms with Gasteiger partial charge in [0.25, 0.3) is 0 Å². The summed E-state index contributed by atoms with van der Waals surface area (Å²) in [6.07, 6.45) is 3.06. The SMILES string of the molecule is CCc1c(C(C)(C)C)nn2ccccc12. The Morgan fingerprint density at radius 1 is 1.27 bits per heavy atom. The molecule has 0 saturated heterocycles. The van der Waals surface area contributed by atoms with Crippen LogP contribution < -0.4 is 0 Å². The van der Waals surface area contributed by atoms with Crippen LogP contribution in [0.1, 0.15) is 39.0 Å². The van der Waals surface area contributed by atoms with Crippen LogP contribution in [0.25, 0.3) is 5.52 Å². The lowest BCUT2D eigenvalue weighted by atomic mass is 9.88. The van der Waals surface area contributed by atoms with Crippen LogP contribution in [0.4, 0.5) is 0 Å². The Hall–Kier alpha value is -1.31. The molecule has 0 radical (unpaired) electrons. The van der Waals surface area contributed by atoms with Gasteiger partial charge in [-0.25, -0.2) is 4.52 Å². The Morgan fingerprint density at radius 3 is 2.60 bits per heavy atom. The summed E-state index contributed by atoms with van der Waals surface area (Å²) < 4.78 is 1.99. The van der Waals surface area contributed by atoms with Crippen LogP contribution in [0.15, 0.2) is 24.4 Å². The molecule has 0 spiro atoms. The maximum absolute atomic E-state index is 4.67. The van der Waals surface area contributed by atoms with E-state index >= 15 is 0 Å². The van der Waals surface area contributed by atoms with Gasteiger partial charge in [-0.05, 0) is 18.6 Å². The van der Waals surface area contributed by atoms with E-state index in [2.05, 4.69) is 44.9 Å². The van der Waals surface area contributed by atoms with Crippen molar-refractivity contribution in [2.75, 3.05) is 0 Å². The summed E-state index contributed by atoms with van der Waals surface area (Å²) >= 11 is 0. The Bertz CT molecular complexity index is 475. The highest BCUT2D eigenvalue weighted by atomic mass is 15.2. The minimum absolute atomic E-state index is 0.122. The molecule has 0 aromatic carbocycles. The molecule has 0 aliphatic carbocycles. The van der Waals surface area contributed by atoms with E-state index in [1.54, 1.807) is 0 Å². The quantitative estimate of drug-likeness (QED) is 0.694. The number of hydrogen-bond acceptors (Lipinski definition) is 1.